The van der Waals surface area contributed by atoms with Gasteiger partial charge in [-0.25, -0.2) is 9.97 Å². The highest BCUT2D eigenvalue weighted by molar-refractivity contribution is 6.09. The van der Waals surface area contributed by atoms with Crippen molar-refractivity contribution in [1.82, 2.24) is 9.97 Å². The lowest BCUT2D eigenvalue weighted by Crippen LogP contribution is -2.42. The van der Waals surface area contributed by atoms with E-state index >= 15 is 0 Å². The largest absolute Gasteiger partial charge is 0.455 e. The summed E-state index contributed by atoms with van der Waals surface area (Å²) in [6, 6.07) is 53.2. The maximum atomic E-state index is 9.74. The molecule has 2 aliphatic rings. The number of rotatable bonds is 6. The van der Waals surface area contributed by atoms with E-state index in [1.807, 2.05) is 66.7 Å². The van der Waals surface area contributed by atoms with Gasteiger partial charge >= 0.3 is 0 Å². The quantitative estimate of drug-likeness (QED) is 0.171. The molecule has 4 heteroatoms. The number of nitrogens with zero attached hydrogens (tertiary/aromatic N) is 3. The molecule has 2 saturated carbocycles. The molecule has 2 aliphatic carbocycles. The lowest BCUT2D eigenvalue weighted by Gasteiger charge is -2.50. The zero-order valence-corrected chi connectivity index (χ0v) is 31.9. The third-order valence-corrected chi connectivity index (χ3v) is 12.4. The standard InChI is InChI=1S/C52H43N3O/c1-33-22-36-23-34(2)30-52(29-33,31-36)43-20-18-37(19-21-43)40-25-41(44-15-9-16-46-45-14-6-7-17-49(45)56-50(44)46)27-42(26-40)48-28-47(39-13-8-10-35(24-39)32-53)54-51(55-48)38-11-4-3-5-12-38/h3-21,24-28,33-34,36H,22-23,29-31H2,1-2H3/t33-,34+,36?,52?. The molecule has 0 amide bonds. The molecule has 8 aromatic rings. The van der Waals surface area contributed by atoms with Gasteiger partial charge in [-0.05, 0) is 120 Å². The fourth-order valence-electron chi connectivity index (χ4n) is 10.4. The highest BCUT2D eigenvalue weighted by Gasteiger charge is 2.45. The molecule has 56 heavy (non-hydrogen) atoms. The van der Waals surface area contributed by atoms with Crippen LogP contribution in [0.2, 0.25) is 0 Å². The first kappa shape index (κ1) is 34.2. The summed E-state index contributed by atoms with van der Waals surface area (Å²) >= 11 is 0. The van der Waals surface area contributed by atoms with Crippen LogP contribution in [-0.4, -0.2) is 9.97 Å². The monoisotopic (exact) mass is 725 g/mol. The summed E-state index contributed by atoms with van der Waals surface area (Å²) in [5.74, 6) is 3.00. The first-order valence-electron chi connectivity index (χ1n) is 20.0. The summed E-state index contributed by atoms with van der Waals surface area (Å²) in [5.41, 5.74) is 12.9. The van der Waals surface area contributed by atoms with Crippen LogP contribution in [0.5, 0.6) is 0 Å². The smallest absolute Gasteiger partial charge is 0.160 e. The molecule has 0 radical (unpaired) electrons. The van der Waals surface area contributed by atoms with Crippen molar-refractivity contribution in [2.24, 2.45) is 17.8 Å². The van der Waals surface area contributed by atoms with Crippen molar-refractivity contribution in [1.29, 1.82) is 5.26 Å². The Morgan fingerprint density at radius 3 is 2.02 bits per heavy atom. The fraction of sp³-hybridized carbons (Fsp3) is 0.212. The van der Waals surface area contributed by atoms with Gasteiger partial charge < -0.3 is 4.42 Å². The Labute approximate surface area is 328 Å². The molecule has 272 valence electrons. The number of hydrogen-bond donors (Lipinski definition) is 0. The molecule has 0 saturated heterocycles. The zero-order chi connectivity index (χ0) is 37.8. The van der Waals surface area contributed by atoms with Gasteiger partial charge in [0.2, 0.25) is 0 Å². The van der Waals surface area contributed by atoms with E-state index in [0.717, 1.165) is 84.5 Å². The first-order chi connectivity index (χ1) is 27.4. The Kier molecular flexibility index (Phi) is 8.41. The van der Waals surface area contributed by atoms with Crippen LogP contribution in [-0.2, 0) is 5.41 Å². The Hall–Kier alpha value is -6.31. The van der Waals surface area contributed by atoms with Crippen molar-refractivity contribution < 1.29 is 4.42 Å². The lowest BCUT2D eigenvalue weighted by molar-refractivity contribution is 0.0780. The molecule has 6 aromatic carbocycles. The Balaban J connectivity index is 1.16. The van der Waals surface area contributed by atoms with E-state index in [1.165, 1.54) is 43.2 Å². The molecule has 0 N–H and O–H groups in total. The van der Waals surface area contributed by atoms with Crippen LogP contribution in [0.4, 0.5) is 0 Å². The van der Waals surface area contributed by atoms with E-state index in [0.29, 0.717) is 11.4 Å². The van der Waals surface area contributed by atoms with Crippen molar-refractivity contribution in [3.05, 3.63) is 157 Å². The number of fused-ring (bicyclic) bond motifs is 5. The first-order valence-corrected chi connectivity index (χ1v) is 20.0. The molecule has 10 rings (SSSR count). The van der Waals surface area contributed by atoms with Gasteiger partial charge in [-0.3, -0.25) is 0 Å². The van der Waals surface area contributed by atoms with Crippen molar-refractivity contribution >= 4 is 21.9 Å². The van der Waals surface area contributed by atoms with Gasteiger partial charge in [-0.1, -0.05) is 117 Å². The SMILES string of the molecule is C[C@@H]1CC2C[C@H](C)CC(c3ccc(-c4cc(-c5cc(-c6cccc(C#N)c6)nc(-c6ccccc6)n5)cc(-c5cccc6c5oc5ccccc56)c4)cc3)(C2)C1. The minimum Gasteiger partial charge on any atom is -0.455 e. The van der Waals surface area contributed by atoms with Gasteiger partial charge in [-0.15, -0.1) is 0 Å². The molecule has 2 unspecified atom stereocenters. The maximum Gasteiger partial charge on any atom is 0.160 e. The van der Waals surface area contributed by atoms with E-state index in [4.69, 9.17) is 14.4 Å². The van der Waals surface area contributed by atoms with Crippen LogP contribution in [0.25, 0.3) is 78.1 Å². The van der Waals surface area contributed by atoms with Crippen molar-refractivity contribution in [2.45, 2.75) is 51.4 Å². The van der Waals surface area contributed by atoms with E-state index in [2.05, 4.69) is 98.8 Å². The highest BCUT2D eigenvalue weighted by atomic mass is 16.3. The molecule has 4 atom stereocenters. The number of nitriles is 1. The Morgan fingerprint density at radius 2 is 1.23 bits per heavy atom. The minimum atomic E-state index is 0.274. The number of aromatic nitrogens is 2. The predicted molar refractivity (Wildman–Crippen MR) is 228 cm³/mol. The van der Waals surface area contributed by atoms with Crippen molar-refractivity contribution in [2.75, 3.05) is 0 Å². The van der Waals surface area contributed by atoms with Gasteiger partial charge in [-0.2, -0.15) is 5.26 Å². The van der Waals surface area contributed by atoms with Gasteiger partial charge in [0.15, 0.2) is 5.82 Å². The second-order valence-corrected chi connectivity index (χ2v) is 16.6. The third-order valence-electron chi connectivity index (χ3n) is 12.4. The van der Waals surface area contributed by atoms with Crippen LogP contribution in [0.3, 0.4) is 0 Å². The molecule has 4 nitrogen and oxygen atoms in total. The highest BCUT2D eigenvalue weighted by Crippen LogP contribution is 2.54. The van der Waals surface area contributed by atoms with E-state index in [1.54, 1.807) is 0 Å². The number of hydrogen-bond acceptors (Lipinski definition) is 4. The molecule has 2 bridgehead atoms. The summed E-state index contributed by atoms with van der Waals surface area (Å²) in [4.78, 5) is 10.3. The molecule has 2 heterocycles. The minimum absolute atomic E-state index is 0.274. The zero-order valence-electron chi connectivity index (χ0n) is 31.9. The van der Waals surface area contributed by atoms with Gasteiger partial charge in [0.05, 0.1) is 23.0 Å². The van der Waals surface area contributed by atoms with Crippen LogP contribution in [0, 0.1) is 29.1 Å². The average Bonchev–Trinajstić information content (AvgIpc) is 3.62. The summed E-state index contributed by atoms with van der Waals surface area (Å²) in [6.07, 6.45) is 6.63. The molecule has 2 fully saturated rings. The molecular formula is C52H43N3O. The third kappa shape index (κ3) is 6.18. The fourth-order valence-corrected chi connectivity index (χ4v) is 10.4. The second kappa shape index (κ2) is 13.8. The summed E-state index contributed by atoms with van der Waals surface area (Å²) < 4.78 is 6.59. The van der Waals surface area contributed by atoms with Crippen LogP contribution >= 0.6 is 0 Å². The molecule has 0 spiro atoms. The van der Waals surface area contributed by atoms with Gasteiger partial charge in [0.1, 0.15) is 11.2 Å². The number of furan rings is 1. The van der Waals surface area contributed by atoms with Gasteiger partial charge in [0, 0.05) is 33.0 Å². The lowest BCUT2D eigenvalue weighted by atomic mass is 9.54. The normalized spacial score (nSPS) is 20.6. The second-order valence-electron chi connectivity index (χ2n) is 16.6. The van der Waals surface area contributed by atoms with Crippen molar-refractivity contribution in [3.63, 3.8) is 0 Å². The van der Waals surface area contributed by atoms with Crippen molar-refractivity contribution in [3.8, 4) is 62.2 Å². The van der Waals surface area contributed by atoms with Crippen LogP contribution in [0.15, 0.2) is 150 Å². The summed E-state index contributed by atoms with van der Waals surface area (Å²) in [7, 11) is 0. The van der Waals surface area contributed by atoms with Gasteiger partial charge in [0.25, 0.3) is 0 Å². The maximum absolute atomic E-state index is 9.74. The molecule has 0 aliphatic heterocycles. The Bertz CT molecular complexity index is 2770. The molecule has 2 aromatic heterocycles. The van der Waals surface area contributed by atoms with Crippen LogP contribution in [0.1, 0.15) is 57.1 Å². The van der Waals surface area contributed by atoms with Crippen LogP contribution < -0.4 is 0 Å². The van der Waals surface area contributed by atoms with E-state index in [9.17, 15) is 5.26 Å². The Morgan fingerprint density at radius 1 is 0.571 bits per heavy atom. The number of para-hydroxylation sites is 2. The topological polar surface area (TPSA) is 62.7 Å². The summed E-state index contributed by atoms with van der Waals surface area (Å²) in [5, 5.41) is 12.0. The predicted octanol–water partition coefficient (Wildman–Crippen LogP) is 13.7. The van der Waals surface area contributed by atoms with E-state index < -0.39 is 0 Å². The summed E-state index contributed by atoms with van der Waals surface area (Å²) in [6.45, 7) is 4.92. The van der Waals surface area contributed by atoms with E-state index in [-0.39, 0.29) is 5.41 Å². The average molecular weight is 726 g/mol. The number of benzene rings is 6. The molecular weight excluding hydrogens is 683 g/mol.